The third-order valence-electron chi connectivity index (χ3n) is 4.49. The molecule has 0 spiro atoms. The minimum atomic E-state index is -4.66. The van der Waals surface area contributed by atoms with Gasteiger partial charge in [-0.25, -0.2) is 4.79 Å². The molecular weight excluding hydrogens is 343 g/mol. The average molecular weight is 363 g/mol. The number of nitrogens with one attached hydrogen (secondary N) is 1. The predicted octanol–water partition coefficient (Wildman–Crippen LogP) is 2.30. The second kappa shape index (κ2) is 6.93. The molecular formula is C15H20F3N3O4. The number of amides is 2. The number of aryl methyl sites for hydroxylation is 2. The third kappa shape index (κ3) is 4.05. The van der Waals surface area contributed by atoms with Gasteiger partial charge in [0, 0.05) is 31.1 Å². The van der Waals surface area contributed by atoms with Gasteiger partial charge in [0.25, 0.3) is 0 Å². The summed E-state index contributed by atoms with van der Waals surface area (Å²) in [4.78, 5) is 24.1. The van der Waals surface area contributed by atoms with Gasteiger partial charge in [-0.2, -0.15) is 13.2 Å². The quantitative estimate of drug-likeness (QED) is 0.856. The zero-order valence-electron chi connectivity index (χ0n) is 14.1. The molecule has 2 N–H and O–H groups in total. The third-order valence-corrected chi connectivity index (χ3v) is 4.49. The second-order valence-corrected chi connectivity index (χ2v) is 6.32. The highest BCUT2D eigenvalue weighted by Crippen LogP contribution is 2.37. The Balaban J connectivity index is 1.98. The van der Waals surface area contributed by atoms with Crippen molar-refractivity contribution in [2.75, 3.05) is 19.6 Å². The van der Waals surface area contributed by atoms with Crippen LogP contribution in [0.5, 0.6) is 0 Å². The number of hydrogen-bond donors (Lipinski definition) is 2. The minimum absolute atomic E-state index is 0.147. The molecule has 2 rings (SSSR count). The van der Waals surface area contributed by atoms with Gasteiger partial charge in [-0.1, -0.05) is 12.1 Å². The molecule has 1 unspecified atom stereocenters. The van der Waals surface area contributed by atoms with Crippen molar-refractivity contribution in [3.8, 4) is 0 Å². The van der Waals surface area contributed by atoms with E-state index in [9.17, 15) is 22.8 Å². The smallest absolute Gasteiger partial charge is 0.394 e. The summed E-state index contributed by atoms with van der Waals surface area (Å²) in [7, 11) is 0. The van der Waals surface area contributed by atoms with Crippen molar-refractivity contribution < 1.29 is 32.4 Å². The number of carbonyl (C=O) groups is 2. The largest absolute Gasteiger partial charge is 0.481 e. The number of alkyl halides is 3. The number of urea groups is 1. The first-order chi connectivity index (χ1) is 11.5. The number of hydrogen-bond acceptors (Lipinski definition) is 4. The number of rotatable bonds is 4. The molecule has 0 radical (unpaired) electrons. The molecule has 0 saturated carbocycles. The fourth-order valence-electron chi connectivity index (χ4n) is 3.20. The van der Waals surface area contributed by atoms with Gasteiger partial charge in [0.2, 0.25) is 0 Å². The van der Waals surface area contributed by atoms with E-state index >= 15 is 0 Å². The van der Waals surface area contributed by atoms with Gasteiger partial charge in [0.15, 0.2) is 0 Å². The standard InChI is InChI=1S/C15H20F3N3O4/c1-7(12-8(2)20-25-9(12)3)4-19-14(24)21-5-10(13(22)23)11(6-21)15(16,17)18/h7,10-11H,4-6H2,1-3H3,(H,19,24)(H,22,23)/t7?,10-,11-/m1/s1. The predicted molar refractivity (Wildman–Crippen MR) is 80.0 cm³/mol. The fraction of sp³-hybridized carbons (Fsp3) is 0.667. The first kappa shape index (κ1) is 19.1. The molecule has 140 valence electrons. The Kier molecular flexibility index (Phi) is 5.28. The highest BCUT2D eigenvalue weighted by atomic mass is 19.4. The monoisotopic (exact) mass is 363 g/mol. The highest BCUT2D eigenvalue weighted by molar-refractivity contribution is 5.77. The SMILES string of the molecule is Cc1noc(C)c1C(C)CNC(=O)N1C[C@@H](C(F)(F)F)[C@H](C(=O)O)C1. The van der Waals surface area contributed by atoms with Crippen LogP contribution >= 0.6 is 0 Å². The Hall–Kier alpha value is -2.26. The summed E-state index contributed by atoms with van der Waals surface area (Å²) in [5, 5.41) is 15.4. The van der Waals surface area contributed by atoms with Crippen molar-refractivity contribution in [2.24, 2.45) is 11.8 Å². The topological polar surface area (TPSA) is 95.7 Å². The van der Waals surface area contributed by atoms with E-state index in [0.29, 0.717) is 11.5 Å². The normalized spacial score (nSPS) is 22.1. The van der Waals surface area contributed by atoms with Crippen LogP contribution in [0.2, 0.25) is 0 Å². The summed E-state index contributed by atoms with van der Waals surface area (Å²) in [5.41, 5.74) is 1.52. The molecule has 3 atom stereocenters. The summed E-state index contributed by atoms with van der Waals surface area (Å²) in [6.07, 6.45) is -4.66. The van der Waals surface area contributed by atoms with Crippen molar-refractivity contribution in [2.45, 2.75) is 32.9 Å². The van der Waals surface area contributed by atoms with E-state index in [0.717, 1.165) is 10.5 Å². The van der Waals surface area contributed by atoms with E-state index < -0.39 is 43.1 Å². The Labute approximate surface area is 142 Å². The number of nitrogens with zero attached hydrogens (tertiary/aromatic N) is 2. The van der Waals surface area contributed by atoms with Crippen LogP contribution < -0.4 is 5.32 Å². The van der Waals surface area contributed by atoms with Gasteiger partial charge in [-0.15, -0.1) is 0 Å². The number of likely N-dealkylation sites (tertiary alicyclic amines) is 1. The first-order valence-electron chi connectivity index (χ1n) is 7.77. The van der Waals surface area contributed by atoms with Crippen LogP contribution in [-0.2, 0) is 4.79 Å². The van der Waals surface area contributed by atoms with Crippen LogP contribution in [0, 0.1) is 25.7 Å². The van der Waals surface area contributed by atoms with Crippen LogP contribution in [0.4, 0.5) is 18.0 Å². The van der Waals surface area contributed by atoms with Gasteiger partial charge in [0.1, 0.15) is 5.76 Å². The highest BCUT2D eigenvalue weighted by Gasteiger charge is 2.53. The Morgan fingerprint density at radius 3 is 2.48 bits per heavy atom. The van der Waals surface area contributed by atoms with Gasteiger partial charge in [-0.05, 0) is 13.8 Å². The number of halogens is 3. The first-order valence-corrected chi connectivity index (χ1v) is 7.77. The molecule has 1 fully saturated rings. The number of carboxylic acid groups (broad SMARTS) is 1. The minimum Gasteiger partial charge on any atom is -0.481 e. The summed E-state index contributed by atoms with van der Waals surface area (Å²) in [5.74, 6) is -4.79. The average Bonchev–Trinajstić information content (AvgIpc) is 3.08. The number of carboxylic acids is 1. The molecule has 1 saturated heterocycles. The van der Waals surface area contributed by atoms with E-state index in [1.807, 2.05) is 6.92 Å². The van der Waals surface area contributed by atoms with Crippen LogP contribution in [0.25, 0.3) is 0 Å². The van der Waals surface area contributed by atoms with E-state index in [4.69, 9.17) is 9.63 Å². The lowest BCUT2D eigenvalue weighted by Gasteiger charge is -2.20. The van der Waals surface area contributed by atoms with Gasteiger partial charge < -0.3 is 19.8 Å². The van der Waals surface area contributed by atoms with E-state index in [2.05, 4.69) is 10.5 Å². The molecule has 10 heteroatoms. The van der Waals surface area contributed by atoms with Gasteiger partial charge in [-0.3, -0.25) is 4.79 Å². The van der Waals surface area contributed by atoms with Crippen molar-refractivity contribution in [1.29, 1.82) is 0 Å². The maximum atomic E-state index is 13.0. The van der Waals surface area contributed by atoms with E-state index in [1.165, 1.54) is 0 Å². The van der Waals surface area contributed by atoms with Crippen LogP contribution in [-0.4, -0.2) is 53.0 Å². The molecule has 0 bridgehead atoms. The van der Waals surface area contributed by atoms with Crippen molar-refractivity contribution in [3.63, 3.8) is 0 Å². The number of aliphatic carboxylic acids is 1. The van der Waals surface area contributed by atoms with Crippen molar-refractivity contribution in [1.82, 2.24) is 15.4 Å². The van der Waals surface area contributed by atoms with Crippen LogP contribution in [0.1, 0.15) is 29.9 Å². The Bertz CT molecular complexity index is 639. The van der Waals surface area contributed by atoms with Crippen molar-refractivity contribution >= 4 is 12.0 Å². The van der Waals surface area contributed by atoms with Gasteiger partial charge >= 0.3 is 18.2 Å². The lowest BCUT2D eigenvalue weighted by molar-refractivity contribution is -0.187. The molecule has 7 nitrogen and oxygen atoms in total. The molecule has 25 heavy (non-hydrogen) atoms. The summed E-state index contributed by atoms with van der Waals surface area (Å²) >= 11 is 0. The lowest BCUT2D eigenvalue weighted by atomic mass is 9.96. The maximum Gasteiger partial charge on any atom is 0.394 e. The number of aromatic nitrogens is 1. The Morgan fingerprint density at radius 2 is 2.04 bits per heavy atom. The lowest BCUT2D eigenvalue weighted by Crippen LogP contribution is -2.41. The fourth-order valence-corrected chi connectivity index (χ4v) is 3.20. The van der Waals surface area contributed by atoms with Crippen LogP contribution in [0.15, 0.2) is 4.52 Å². The van der Waals surface area contributed by atoms with E-state index in [-0.39, 0.29) is 12.5 Å². The molecule has 1 aromatic heterocycles. The molecule has 1 aliphatic heterocycles. The van der Waals surface area contributed by atoms with Gasteiger partial charge in [0.05, 0.1) is 17.5 Å². The summed E-state index contributed by atoms with van der Waals surface area (Å²) in [6.45, 7) is 4.37. The Morgan fingerprint density at radius 1 is 1.40 bits per heavy atom. The molecule has 0 aliphatic carbocycles. The second-order valence-electron chi connectivity index (χ2n) is 6.32. The van der Waals surface area contributed by atoms with Crippen molar-refractivity contribution in [3.05, 3.63) is 17.0 Å². The molecule has 0 aromatic carbocycles. The summed E-state index contributed by atoms with van der Waals surface area (Å²) < 4.78 is 43.9. The zero-order chi connectivity index (χ0) is 18.9. The van der Waals surface area contributed by atoms with E-state index in [1.54, 1.807) is 13.8 Å². The molecule has 2 amide bonds. The molecule has 1 aromatic rings. The molecule has 1 aliphatic rings. The summed E-state index contributed by atoms with van der Waals surface area (Å²) in [6, 6.07) is -0.711. The number of carbonyl (C=O) groups excluding carboxylic acids is 1. The zero-order valence-corrected chi connectivity index (χ0v) is 14.1. The van der Waals surface area contributed by atoms with Crippen LogP contribution in [0.3, 0.4) is 0 Å². The maximum absolute atomic E-state index is 13.0. The molecule has 2 heterocycles.